The molecule has 122 valence electrons. The molecule has 1 aromatic heterocycles. The monoisotopic (exact) mass is 323 g/mol. The summed E-state index contributed by atoms with van der Waals surface area (Å²) < 4.78 is 37.7. The summed E-state index contributed by atoms with van der Waals surface area (Å²) in [6.07, 6.45) is -3.26. The van der Waals surface area contributed by atoms with Crippen LogP contribution >= 0.6 is 0 Å². The molecule has 1 fully saturated rings. The molecule has 0 atom stereocenters. The van der Waals surface area contributed by atoms with Crippen molar-refractivity contribution in [2.75, 3.05) is 31.1 Å². The molecular formula is C17H20F3N3+2. The molecule has 0 bridgehead atoms. The quantitative estimate of drug-likeness (QED) is 0.907. The lowest BCUT2D eigenvalue weighted by atomic mass is 10.2. The van der Waals surface area contributed by atoms with E-state index in [2.05, 4.69) is 22.0 Å². The van der Waals surface area contributed by atoms with Crippen LogP contribution in [0.25, 0.3) is 0 Å². The first-order valence-corrected chi connectivity index (χ1v) is 7.74. The number of aromatic amines is 1. The van der Waals surface area contributed by atoms with Crippen LogP contribution in [-0.2, 0) is 12.7 Å². The maximum absolute atomic E-state index is 12.6. The molecule has 0 amide bonds. The van der Waals surface area contributed by atoms with Gasteiger partial charge in [-0.25, -0.2) is 4.98 Å². The van der Waals surface area contributed by atoms with Crippen LogP contribution in [0.1, 0.15) is 11.1 Å². The molecule has 2 aromatic rings. The molecule has 1 aliphatic rings. The van der Waals surface area contributed by atoms with Crippen LogP contribution < -0.4 is 14.8 Å². The second kappa shape index (κ2) is 6.58. The Balaban J connectivity index is 1.56. The lowest BCUT2D eigenvalue weighted by Gasteiger charge is -2.28. The van der Waals surface area contributed by atoms with Gasteiger partial charge >= 0.3 is 6.18 Å². The molecule has 6 heteroatoms. The zero-order valence-corrected chi connectivity index (χ0v) is 12.7. The highest BCUT2D eigenvalue weighted by Crippen LogP contribution is 2.28. The lowest BCUT2D eigenvalue weighted by molar-refractivity contribution is -0.914. The van der Waals surface area contributed by atoms with Crippen molar-refractivity contribution in [2.24, 2.45) is 0 Å². The maximum Gasteiger partial charge on any atom is 0.419 e. The van der Waals surface area contributed by atoms with E-state index in [9.17, 15) is 13.2 Å². The van der Waals surface area contributed by atoms with Gasteiger partial charge in [0, 0.05) is 11.6 Å². The van der Waals surface area contributed by atoms with Crippen LogP contribution in [0.2, 0.25) is 0 Å². The highest BCUT2D eigenvalue weighted by molar-refractivity contribution is 5.34. The molecule has 0 spiro atoms. The van der Waals surface area contributed by atoms with E-state index in [1.807, 2.05) is 18.2 Å². The summed E-state index contributed by atoms with van der Waals surface area (Å²) >= 11 is 0. The highest BCUT2D eigenvalue weighted by atomic mass is 19.4. The third-order valence-corrected chi connectivity index (χ3v) is 4.23. The van der Waals surface area contributed by atoms with Gasteiger partial charge < -0.3 is 4.90 Å². The average molecular weight is 323 g/mol. The zero-order chi connectivity index (χ0) is 16.3. The minimum absolute atomic E-state index is 0.644. The molecule has 3 rings (SSSR count). The van der Waals surface area contributed by atoms with Gasteiger partial charge in [-0.2, -0.15) is 13.2 Å². The van der Waals surface area contributed by atoms with Gasteiger partial charge in [0.05, 0.1) is 5.56 Å². The second-order valence-corrected chi connectivity index (χ2v) is 5.86. The molecule has 0 saturated carbocycles. The van der Waals surface area contributed by atoms with Crippen molar-refractivity contribution in [2.45, 2.75) is 12.7 Å². The van der Waals surface area contributed by atoms with Gasteiger partial charge in [0.1, 0.15) is 38.9 Å². The van der Waals surface area contributed by atoms with Crippen LogP contribution in [-0.4, -0.2) is 26.2 Å². The fourth-order valence-electron chi connectivity index (χ4n) is 2.91. The number of nitrogens with zero attached hydrogens (tertiary/aromatic N) is 1. The minimum atomic E-state index is -4.30. The van der Waals surface area contributed by atoms with Gasteiger partial charge in [-0.3, -0.25) is 4.90 Å². The Morgan fingerprint density at radius 1 is 1.00 bits per heavy atom. The Morgan fingerprint density at radius 3 is 2.26 bits per heavy atom. The smallest absolute Gasteiger partial charge is 0.325 e. The van der Waals surface area contributed by atoms with E-state index in [1.165, 1.54) is 16.5 Å². The summed E-state index contributed by atoms with van der Waals surface area (Å²) in [6, 6.07) is 13.0. The Morgan fingerprint density at radius 2 is 1.70 bits per heavy atom. The number of piperazine rings is 1. The second-order valence-electron chi connectivity index (χ2n) is 5.86. The first-order chi connectivity index (χ1) is 11.0. The Hall–Kier alpha value is -2.08. The first kappa shape index (κ1) is 15.8. The van der Waals surface area contributed by atoms with Gasteiger partial charge in [-0.05, 0) is 6.07 Å². The molecule has 0 aliphatic carbocycles. The largest absolute Gasteiger partial charge is 0.419 e. The van der Waals surface area contributed by atoms with E-state index < -0.39 is 11.7 Å². The number of quaternary nitrogens is 1. The number of hydrogen-bond donors (Lipinski definition) is 1. The van der Waals surface area contributed by atoms with E-state index in [0.29, 0.717) is 0 Å². The van der Waals surface area contributed by atoms with E-state index in [4.69, 9.17) is 0 Å². The SMILES string of the molecule is FC(F)(F)c1ccc(N2CC[NH+](Cc3ccccc3)CC2)[nH+]c1. The van der Waals surface area contributed by atoms with Crippen molar-refractivity contribution in [1.82, 2.24) is 0 Å². The number of aromatic nitrogens is 1. The molecule has 23 heavy (non-hydrogen) atoms. The number of alkyl halides is 3. The summed E-state index contributed by atoms with van der Waals surface area (Å²) in [4.78, 5) is 6.38. The molecule has 1 aliphatic heterocycles. The Kier molecular flexibility index (Phi) is 4.52. The molecule has 1 aromatic carbocycles. The summed E-state index contributed by atoms with van der Waals surface area (Å²) in [5.74, 6) is 0.747. The number of halogens is 3. The van der Waals surface area contributed by atoms with Crippen LogP contribution in [0.3, 0.4) is 0 Å². The van der Waals surface area contributed by atoms with Crippen molar-refractivity contribution >= 4 is 5.82 Å². The Bertz CT molecular complexity index is 618. The van der Waals surface area contributed by atoms with Crippen LogP contribution in [0.4, 0.5) is 19.0 Å². The van der Waals surface area contributed by atoms with Crippen molar-refractivity contribution in [1.29, 1.82) is 0 Å². The van der Waals surface area contributed by atoms with E-state index >= 15 is 0 Å². The molecule has 2 N–H and O–H groups in total. The summed E-state index contributed by atoms with van der Waals surface area (Å²) in [7, 11) is 0. The number of anilines is 1. The van der Waals surface area contributed by atoms with Gasteiger partial charge in [0.15, 0.2) is 0 Å². The average Bonchev–Trinajstić information content (AvgIpc) is 2.56. The molecule has 0 unspecified atom stereocenters. The van der Waals surface area contributed by atoms with E-state index in [-0.39, 0.29) is 0 Å². The van der Waals surface area contributed by atoms with Crippen molar-refractivity contribution in [3.8, 4) is 0 Å². The van der Waals surface area contributed by atoms with Crippen LogP contribution in [0.15, 0.2) is 48.7 Å². The number of hydrogen-bond acceptors (Lipinski definition) is 1. The summed E-state index contributed by atoms with van der Waals surface area (Å²) in [5.41, 5.74) is 0.673. The van der Waals surface area contributed by atoms with Crippen molar-refractivity contribution < 1.29 is 23.1 Å². The number of pyridine rings is 1. The summed E-state index contributed by atoms with van der Waals surface area (Å²) in [6.45, 7) is 4.62. The molecule has 0 radical (unpaired) electrons. The number of nitrogens with one attached hydrogen (secondary N) is 2. The molecule has 1 saturated heterocycles. The fraction of sp³-hybridized carbons (Fsp3) is 0.353. The normalized spacial score (nSPS) is 16.6. The van der Waals surface area contributed by atoms with Gasteiger partial charge in [-0.1, -0.05) is 30.3 Å². The van der Waals surface area contributed by atoms with Crippen molar-refractivity contribution in [3.05, 3.63) is 59.8 Å². The number of rotatable bonds is 3. The van der Waals surface area contributed by atoms with Gasteiger partial charge in [-0.15, -0.1) is 0 Å². The molecule has 2 heterocycles. The van der Waals surface area contributed by atoms with E-state index in [1.54, 1.807) is 0 Å². The third kappa shape index (κ3) is 4.01. The standard InChI is InChI=1S/C17H18F3N3/c18-17(19,20)15-6-7-16(21-12-15)23-10-8-22(9-11-23)13-14-4-2-1-3-5-14/h1-7,12H,8-11,13H2/p+2. The first-order valence-electron chi connectivity index (χ1n) is 7.74. The minimum Gasteiger partial charge on any atom is -0.325 e. The highest BCUT2D eigenvalue weighted by Gasteiger charge is 2.33. The predicted octanol–water partition coefficient (Wildman–Crippen LogP) is 1.42. The fourth-order valence-corrected chi connectivity index (χ4v) is 2.91. The van der Waals surface area contributed by atoms with Crippen molar-refractivity contribution in [3.63, 3.8) is 0 Å². The van der Waals surface area contributed by atoms with Crippen LogP contribution in [0.5, 0.6) is 0 Å². The van der Waals surface area contributed by atoms with Gasteiger partial charge in [0.2, 0.25) is 0 Å². The molecular weight excluding hydrogens is 303 g/mol. The number of benzene rings is 1. The topological polar surface area (TPSA) is 21.8 Å². The molecule has 3 nitrogen and oxygen atoms in total. The third-order valence-electron chi connectivity index (χ3n) is 4.23. The maximum atomic E-state index is 12.6. The lowest BCUT2D eigenvalue weighted by Crippen LogP contribution is -3.13. The number of H-pyrrole nitrogens is 1. The summed E-state index contributed by atoms with van der Waals surface area (Å²) in [5, 5.41) is 0. The van der Waals surface area contributed by atoms with Crippen LogP contribution in [0, 0.1) is 0 Å². The Labute approximate surface area is 133 Å². The predicted molar refractivity (Wildman–Crippen MR) is 81.1 cm³/mol. The zero-order valence-electron chi connectivity index (χ0n) is 12.7. The van der Waals surface area contributed by atoms with Gasteiger partial charge in [0.25, 0.3) is 5.82 Å². The van der Waals surface area contributed by atoms with E-state index in [0.717, 1.165) is 50.8 Å².